The summed E-state index contributed by atoms with van der Waals surface area (Å²) in [6.45, 7) is 10.8. The molecule has 1 rings (SSSR count). The number of nitrogens with two attached hydrogens (primary N) is 1. The molecule has 0 aromatic rings. The smallest absolute Gasteiger partial charge is 0.326 e. The molecule has 1 aliphatic heterocycles. The topological polar surface area (TPSA) is 83.6 Å². The van der Waals surface area contributed by atoms with Gasteiger partial charge in [0.2, 0.25) is 5.91 Å². The number of carbonyl (C=O) groups excluding carboxylic acids is 1. The number of likely N-dealkylation sites (tertiary alicyclic amines) is 1. The van der Waals surface area contributed by atoms with Gasteiger partial charge in [-0.2, -0.15) is 0 Å². The molecule has 0 aliphatic carbocycles. The van der Waals surface area contributed by atoms with E-state index in [4.69, 9.17) is 5.73 Å². The van der Waals surface area contributed by atoms with E-state index in [1.54, 1.807) is 4.90 Å². The first-order valence-corrected chi connectivity index (χ1v) is 7.73. The first-order chi connectivity index (χ1) is 9.49. The highest BCUT2D eigenvalue weighted by Gasteiger charge is 2.45. The fraction of sp³-hybridized carbons (Fsp3) is 0.875. The second-order valence-corrected chi connectivity index (χ2v) is 8.06. The van der Waals surface area contributed by atoms with Crippen LogP contribution in [0.2, 0.25) is 0 Å². The van der Waals surface area contributed by atoms with Gasteiger partial charge < -0.3 is 15.7 Å². The number of carboxylic acids is 1. The van der Waals surface area contributed by atoms with Gasteiger partial charge in [0.15, 0.2) is 0 Å². The maximum atomic E-state index is 12.8. The van der Waals surface area contributed by atoms with Crippen molar-refractivity contribution in [3.63, 3.8) is 0 Å². The first-order valence-electron chi connectivity index (χ1n) is 7.73. The van der Waals surface area contributed by atoms with Crippen molar-refractivity contribution in [2.24, 2.45) is 22.5 Å². The predicted octanol–water partition coefficient (Wildman–Crippen LogP) is 2.10. The van der Waals surface area contributed by atoms with Gasteiger partial charge >= 0.3 is 5.97 Å². The fourth-order valence-electron chi connectivity index (χ4n) is 3.34. The first kappa shape index (κ1) is 18.0. The highest BCUT2D eigenvalue weighted by atomic mass is 16.4. The van der Waals surface area contributed by atoms with E-state index in [2.05, 4.69) is 20.8 Å². The normalized spacial score (nSPS) is 23.7. The Bertz CT molecular complexity index is 399. The number of hydrogen-bond acceptors (Lipinski definition) is 3. The highest BCUT2D eigenvalue weighted by Crippen LogP contribution is 2.37. The summed E-state index contributed by atoms with van der Waals surface area (Å²) in [7, 11) is 0. The molecule has 122 valence electrons. The quantitative estimate of drug-likeness (QED) is 0.832. The molecule has 2 unspecified atom stereocenters. The van der Waals surface area contributed by atoms with Gasteiger partial charge in [0.1, 0.15) is 6.04 Å². The number of carboxylic acid groups (broad SMARTS) is 1. The van der Waals surface area contributed by atoms with Crippen LogP contribution in [0.15, 0.2) is 0 Å². The van der Waals surface area contributed by atoms with Gasteiger partial charge in [0, 0.05) is 13.1 Å². The van der Waals surface area contributed by atoms with Crippen LogP contribution in [-0.2, 0) is 9.59 Å². The molecule has 1 aliphatic rings. The Kier molecular flexibility index (Phi) is 5.42. The van der Waals surface area contributed by atoms with Crippen molar-refractivity contribution in [2.75, 3.05) is 13.1 Å². The summed E-state index contributed by atoms with van der Waals surface area (Å²) < 4.78 is 0. The molecule has 0 spiro atoms. The van der Waals surface area contributed by atoms with Gasteiger partial charge in [-0.25, -0.2) is 4.79 Å². The lowest BCUT2D eigenvalue weighted by Crippen LogP contribution is -2.58. The molecule has 0 aromatic carbocycles. The van der Waals surface area contributed by atoms with Gasteiger partial charge in [0.25, 0.3) is 0 Å². The molecular formula is C16H30N2O3. The average Bonchev–Trinajstić information content (AvgIpc) is 2.31. The van der Waals surface area contributed by atoms with E-state index in [1.807, 2.05) is 13.8 Å². The Morgan fingerprint density at radius 3 is 2.38 bits per heavy atom. The largest absolute Gasteiger partial charge is 0.480 e. The van der Waals surface area contributed by atoms with Crippen LogP contribution in [0.25, 0.3) is 0 Å². The highest BCUT2D eigenvalue weighted by molar-refractivity contribution is 5.86. The molecule has 0 radical (unpaired) electrons. The molecule has 1 heterocycles. The fourth-order valence-corrected chi connectivity index (χ4v) is 3.34. The van der Waals surface area contributed by atoms with Crippen molar-refractivity contribution in [1.29, 1.82) is 0 Å². The molecule has 1 amide bonds. The number of aliphatic carboxylic acids is 1. The van der Waals surface area contributed by atoms with Crippen LogP contribution in [-0.4, -0.2) is 41.0 Å². The van der Waals surface area contributed by atoms with Gasteiger partial charge in [-0.3, -0.25) is 4.79 Å². The minimum atomic E-state index is -0.917. The Morgan fingerprint density at radius 1 is 1.38 bits per heavy atom. The molecular weight excluding hydrogens is 268 g/mol. The summed E-state index contributed by atoms with van der Waals surface area (Å²) in [6.07, 6.45) is 2.33. The Hall–Kier alpha value is -1.10. The monoisotopic (exact) mass is 298 g/mol. The van der Waals surface area contributed by atoms with Crippen molar-refractivity contribution in [2.45, 2.75) is 59.9 Å². The van der Waals surface area contributed by atoms with Crippen molar-refractivity contribution in [3.8, 4) is 0 Å². The van der Waals surface area contributed by atoms with Crippen LogP contribution in [0.1, 0.15) is 53.9 Å². The maximum Gasteiger partial charge on any atom is 0.326 e. The number of nitrogens with zero attached hydrogens (tertiary/aromatic N) is 1. The molecule has 5 heteroatoms. The molecule has 0 bridgehead atoms. The SMILES string of the molecule is CC(C)(C)CC(CN)C(=O)N1CCCC(C)(C)C1C(=O)O. The minimum absolute atomic E-state index is 0.0102. The molecule has 5 nitrogen and oxygen atoms in total. The number of hydrogen-bond donors (Lipinski definition) is 2. The number of amides is 1. The van der Waals surface area contributed by atoms with Crippen LogP contribution in [0.5, 0.6) is 0 Å². The summed E-state index contributed by atoms with van der Waals surface area (Å²) in [4.78, 5) is 26.0. The van der Waals surface area contributed by atoms with E-state index in [-0.39, 0.29) is 23.8 Å². The van der Waals surface area contributed by atoms with Crippen LogP contribution >= 0.6 is 0 Å². The van der Waals surface area contributed by atoms with E-state index in [9.17, 15) is 14.7 Å². The lowest BCUT2D eigenvalue weighted by molar-refractivity contribution is -0.161. The molecule has 2 atom stereocenters. The Labute approximate surface area is 127 Å². The second kappa shape index (κ2) is 6.34. The third-order valence-electron chi connectivity index (χ3n) is 4.28. The van der Waals surface area contributed by atoms with E-state index in [0.717, 1.165) is 12.8 Å². The van der Waals surface area contributed by atoms with Crippen LogP contribution in [0.4, 0.5) is 0 Å². The Balaban J connectivity index is 2.99. The zero-order valence-corrected chi connectivity index (χ0v) is 14.0. The summed E-state index contributed by atoms with van der Waals surface area (Å²) >= 11 is 0. The molecule has 0 aromatic heterocycles. The van der Waals surface area contributed by atoms with E-state index >= 15 is 0 Å². The molecule has 1 fully saturated rings. The summed E-state index contributed by atoms with van der Waals surface area (Å²) in [5.41, 5.74) is 5.37. The lowest BCUT2D eigenvalue weighted by Gasteiger charge is -2.45. The van der Waals surface area contributed by atoms with Crippen LogP contribution in [0, 0.1) is 16.7 Å². The summed E-state index contributed by atoms with van der Waals surface area (Å²) in [5, 5.41) is 9.56. The van der Waals surface area contributed by atoms with Crippen molar-refractivity contribution < 1.29 is 14.7 Å². The summed E-state index contributed by atoms with van der Waals surface area (Å²) in [5.74, 6) is -1.33. The van der Waals surface area contributed by atoms with E-state index in [0.29, 0.717) is 13.0 Å². The minimum Gasteiger partial charge on any atom is -0.480 e. The third kappa shape index (κ3) is 4.43. The maximum absolute atomic E-state index is 12.8. The van der Waals surface area contributed by atoms with Gasteiger partial charge in [-0.05, 0) is 30.1 Å². The zero-order valence-electron chi connectivity index (χ0n) is 14.0. The summed E-state index contributed by atoms with van der Waals surface area (Å²) in [6, 6.07) is -0.757. The number of carbonyl (C=O) groups is 2. The van der Waals surface area contributed by atoms with Crippen molar-refractivity contribution in [3.05, 3.63) is 0 Å². The molecule has 3 N–H and O–H groups in total. The molecule has 1 saturated heterocycles. The molecule has 21 heavy (non-hydrogen) atoms. The van der Waals surface area contributed by atoms with Crippen molar-refractivity contribution >= 4 is 11.9 Å². The number of piperidine rings is 1. The average molecular weight is 298 g/mol. The van der Waals surface area contributed by atoms with E-state index < -0.39 is 17.4 Å². The van der Waals surface area contributed by atoms with Crippen molar-refractivity contribution in [1.82, 2.24) is 4.90 Å². The van der Waals surface area contributed by atoms with Crippen LogP contribution in [0.3, 0.4) is 0 Å². The Morgan fingerprint density at radius 2 is 1.95 bits per heavy atom. The standard InChI is InChI=1S/C16H30N2O3/c1-15(2,3)9-11(10-17)13(19)18-8-6-7-16(4,5)12(18)14(20)21/h11-12H,6-10,17H2,1-5H3,(H,20,21). The van der Waals surface area contributed by atoms with Crippen LogP contribution < -0.4 is 5.73 Å². The van der Waals surface area contributed by atoms with Gasteiger partial charge in [0.05, 0.1) is 5.92 Å². The van der Waals surface area contributed by atoms with E-state index in [1.165, 1.54) is 0 Å². The number of rotatable bonds is 4. The van der Waals surface area contributed by atoms with Gasteiger partial charge in [-0.1, -0.05) is 34.6 Å². The second-order valence-electron chi connectivity index (χ2n) is 8.06. The lowest BCUT2D eigenvalue weighted by atomic mass is 9.75. The zero-order chi connectivity index (χ0) is 16.4. The third-order valence-corrected chi connectivity index (χ3v) is 4.28. The predicted molar refractivity (Wildman–Crippen MR) is 82.8 cm³/mol. The van der Waals surface area contributed by atoms with Gasteiger partial charge in [-0.15, -0.1) is 0 Å². The molecule has 0 saturated carbocycles.